The lowest BCUT2D eigenvalue weighted by Gasteiger charge is -2.09. The molecule has 0 fully saturated rings. The maximum absolute atomic E-state index is 12.0. The van der Waals surface area contributed by atoms with Crippen LogP contribution in [0.2, 0.25) is 0 Å². The van der Waals surface area contributed by atoms with Crippen molar-refractivity contribution in [3.63, 3.8) is 0 Å². The van der Waals surface area contributed by atoms with Crippen molar-refractivity contribution in [2.45, 2.75) is 37.6 Å². The molecule has 116 valence electrons. The quantitative estimate of drug-likeness (QED) is 0.793. The van der Waals surface area contributed by atoms with Gasteiger partial charge in [0.05, 0.1) is 10.6 Å². The van der Waals surface area contributed by atoms with E-state index in [9.17, 15) is 18.0 Å². The van der Waals surface area contributed by atoms with Gasteiger partial charge in [-0.2, -0.15) is 0 Å². The molecule has 0 bridgehead atoms. The van der Waals surface area contributed by atoms with Crippen molar-refractivity contribution in [1.29, 1.82) is 0 Å². The Labute approximate surface area is 124 Å². The smallest absolute Gasteiger partial charge is 0.325 e. The Hall–Kier alpha value is -1.89. The third-order valence-electron chi connectivity index (χ3n) is 2.96. The number of carboxylic acids is 1. The maximum Gasteiger partial charge on any atom is 0.325 e. The number of nitrogens with one attached hydrogen (secondary N) is 1. The Morgan fingerprint density at radius 2 is 1.81 bits per heavy atom. The lowest BCUT2D eigenvalue weighted by molar-refractivity contribution is -0.138. The molecule has 0 spiro atoms. The van der Waals surface area contributed by atoms with Crippen LogP contribution in [-0.4, -0.2) is 37.2 Å². The number of sulfone groups is 1. The number of unbranched alkanes of at least 4 members (excludes halogenated alkanes) is 1. The Kier molecular flexibility index (Phi) is 5.90. The topological polar surface area (TPSA) is 101 Å². The van der Waals surface area contributed by atoms with E-state index in [4.69, 9.17) is 5.11 Å². The summed E-state index contributed by atoms with van der Waals surface area (Å²) < 4.78 is 23.9. The van der Waals surface area contributed by atoms with E-state index in [0.29, 0.717) is 6.42 Å². The van der Waals surface area contributed by atoms with Gasteiger partial charge in [-0.1, -0.05) is 13.3 Å². The van der Waals surface area contributed by atoms with Crippen LogP contribution < -0.4 is 5.32 Å². The molecular formula is C14H19NO5S. The zero-order valence-electron chi connectivity index (χ0n) is 12.0. The minimum Gasteiger partial charge on any atom is -0.480 e. The average Bonchev–Trinajstić information content (AvgIpc) is 2.45. The molecule has 1 rings (SSSR count). The maximum atomic E-state index is 12.0. The minimum absolute atomic E-state index is 0.0745. The summed E-state index contributed by atoms with van der Waals surface area (Å²) in [6.07, 6.45) is 1.37. The molecule has 21 heavy (non-hydrogen) atoms. The fraction of sp³-hybridized carbons (Fsp3) is 0.429. The van der Waals surface area contributed by atoms with E-state index in [-0.39, 0.29) is 16.2 Å². The number of hydrogen-bond donors (Lipinski definition) is 2. The largest absolute Gasteiger partial charge is 0.480 e. The number of carbonyl (C=O) groups is 2. The third-order valence-corrected chi connectivity index (χ3v) is 4.78. The van der Waals surface area contributed by atoms with Gasteiger partial charge in [-0.15, -0.1) is 0 Å². The van der Waals surface area contributed by atoms with Crippen LogP contribution in [0, 0.1) is 0 Å². The summed E-state index contributed by atoms with van der Waals surface area (Å²) in [5.41, 5.74) is 0.220. The molecule has 6 nitrogen and oxygen atoms in total. The van der Waals surface area contributed by atoms with E-state index in [2.05, 4.69) is 5.32 Å². The van der Waals surface area contributed by atoms with Gasteiger partial charge in [0.25, 0.3) is 5.91 Å². The minimum atomic E-state index is -3.33. The number of hydrogen-bond acceptors (Lipinski definition) is 4. The summed E-state index contributed by atoms with van der Waals surface area (Å²) in [4.78, 5) is 22.6. The Morgan fingerprint density at radius 1 is 1.24 bits per heavy atom. The van der Waals surface area contributed by atoms with E-state index < -0.39 is 27.8 Å². The predicted octanol–water partition coefficient (Wildman–Crippen LogP) is 1.46. The van der Waals surface area contributed by atoms with E-state index >= 15 is 0 Å². The number of amides is 1. The highest BCUT2D eigenvalue weighted by atomic mass is 32.2. The molecule has 1 amide bonds. The second-order valence-corrected chi connectivity index (χ2v) is 6.84. The monoisotopic (exact) mass is 313 g/mol. The zero-order chi connectivity index (χ0) is 16.0. The summed E-state index contributed by atoms with van der Waals surface area (Å²) in [6, 6.07) is 4.48. The third kappa shape index (κ3) is 4.86. The first-order valence-corrected chi connectivity index (χ1v) is 8.29. The van der Waals surface area contributed by atoms with Gasteiger partial charge in [0.1, 0.15) is 6.04 Å². The number of carboxylic acid groups (broad SMARTS) is 1. The summed E-state index contributed by atoms with van der Waals surface area (Å²) in [6.45, 7) is 3.26. The molecule has 0 aliphatic carbocycles. The van der Waals surface area contributed by atoms with Gasteiger partial charge in [0.15, 0.2) is 9.84 Å². The summed E-state index contributed by atoms with van der Waals surface area (Å²) in [5.74, 6) is -1.62. The molecule has 1 atom stereocenters. The first-order valence-electron chi connectivity index (χ1n) is 6.64. The molecule has 1 aromatic rings. The van der Waals surface area contributed by atoms with Crippen LogP contribution in [0.25, 0.3) is 0 Å². The number of aliphatic carboxylic acids is 1. The standard InChI is InChI=1S/C14H19NO5S/c1-3-4-9-21(19,20)12-7-5-11(6-8-12)13(16)15-10(2)14(17)18/h5-8,10H,3-4,9H2,1-2H3,(H,15,16)(H,17,18). The summed E-state index contributed by atoms with van der Waals surface area (Å²) in [7, 11) is -3.33. The highest BCUT2D eigenvalue weighted by molar-refractivity contribution is 7.91. The molecule has 0 saturated carbocycles. The second-order valence-electron chi connectivity index (χ2n) is 4.73. The second kappa shape index (κ2) is 7.21. The van der Waals surface area contributed by atoms with E-state index in [0.717, 1.165) is 6.42 Å². The van der Waals surface area contributed by atoms with Crippen LogP contribution >= 0.6 is 0 Å². The molecule has 7 heteroatoms. The van der Waals surface area contributed by atoms with E-state index in [1.807, 2.05) is 6.92 Å². The summed E-state index contributed by atoms with van der Waals surface area (Å²) in [5, 5.41) is 11.0. The van der Waals surface area contributed by atoms with Crippen LogP contribution in [0.3, 0.4) is 0 Å². The summed E-state index contributed by atoms with van der Waals surface area (Å²) >= 11 is 0. The zero-order valence-corrected chi connectivity index (χ0v) is 12.8. The van der Waals surface area contributed by atoms with E-state index in [1.165, 1.54) is 31.2 Å². The molecule has 1 unspecified atom stereocenters. The van der Waals surface area contributed by atoms with Crippen molar-refractivity contribution in [3.05, 3.63) is 29.8 Å². The molecule has 1 aromatic carbocycles. The Bertz CT molecular complexity index is 607. The van der Waals surface area contributed by atoms with Gasteiger partial charge in [-0.05, 0) is 37.6 Å². The van der Waals surface area contributed by atoms with Gasteiger partial charge >= 0.3 is 5.97 Å². The fourth-order valence-corrected chi connectivity index (χ4v) is 3.06. The fourth-order valence-electron chi connectivity index (χ4n) is 1.61. The average molecular weight is 313 g/mol. The van der Waals surface area contributed by atoms with Gasteiger partial charge < -0.3 is 10.4 Å². The van der Waals surface area contributed by atoms with Crippen molar-refractivity contribution in [2.75, 3.05) is 5.75 Å². The van der Waals surface area contributed by atoms with Crippen LogP contribution in [0.5, 0.6) is 0 Å². The molecular weight excluding hydrogens is 294 g/mol. The van der Waals surface area contributed by atoms with Crippen LogP contribution in [0.4, 0.5) is 0 Å². The van der Waals surface area contributed by atoms with Crippen LogP contribution in [0.15, 0.2) is 29.2 Å². The number of rotatable bonds is 7. The predicted molar refractivity (Wildman–Crippen MR) is 78.0 cm³/mol. The Morgan fingerprint density at radius 3 is 2.29 bits per heavy atom. The lowest BCUT2D eigenvalue weighted by atomic mass is 10.2. The first kappa shape index (κ1) is 17.2. The van der Waals surface area contributed by atoms with Crippen molar-refractivity contribution in [1.82, 2.24) is 5.32 Å². The molecule has 0 radical (unpaired) electrons. The molecule has 0 heterocycles. The van der Waals surface area contributed by atoms with Crippen LogP contribution in [-0.2, 0) is 14.6 Å². The van der Waals surface area contributed by atoms with Crippen molar-refractivity contribution in [2.24, 2.45) is 0 Å². The molecule has 0 saturated heterocycles. The highest BCUT2D eigenvalue weighted by Gasteiger charge is 2.17. The highest BCUT2D eigenvalue weighted by Crippen LogP contribution is 2.14. The van der Waals surface area contributed by atoms with Crippen molar-refractivity contribution < 1.29 is 23.1 Å². The van der Waals surface area contributed by atoms with Crippen molar-refractivity contribution >= 4 is 21.7 Å². The molecule has 0 aliphatic rings. The van der Waals surface area contributed by atoms with Gasteiger partial charge in [-0.3, -0.25) is 9.59 Å². The van der Waals surface area contributed by atoms with Gasteiger partial charge in [-0.25, -0.2) is 8.42 Å². The number of carbonyl (C=O) groups excluding carboxylic acids is 1. The van der Waals surface area contributed by atoms with Gasteiger partial charge in [0.2, 0.25) is 0 Å². The Balaban J connectivity index is 2.83. The molecule has 2 N–H and O–H groups in total. The first-order chi connectivity index (χ1) is 9.77. The molecule has 0 aromatic heterocycles. The molecule has 0 aliphatic heterocycles. The number of benzene rings is 1. The van der Waals surface area contributed by atoms with Gasteiger partial charge in [0, 0.05) is 5.56 Å². The lowest BCUT2D eigenvalue weighted by Crippen LogP contribution is -2.38. The normalized spacial score (nSPS) is 12.7. The SMILES string of the molecule is CCCCS(=O)(=O)c1ccc(C(=O)NC(C)C(=O)O)cc1. The van der Waals surface area contributed by atoms with Crippen LogP contribution in [0.1, 0.15) is 37.0 Å². The van der Waals surface area contributed by atoms with E-state index in [1.54, 1.807) is 0 Å². The van der Waals surface area contributed by atoms with Crippen molar-refractivity contribution in [3.8, 4) is 0 Å².